The fraction of sp³-hybridized carbons (Fsp3) is 0.800. The maximum atomic E-state index is 13.2. The van der Waals surface area contributed by atoms with Gasteiger partial charge in [-0.1, -0.05) is 13.8 Å². The predicted octanol–water partition coefficient (Wildman–Crippen LogP) is 4.16. The van der Waals surface area contributed by atoms with E-state index in [0.717, 1.165) is 38.9 Å². The second-order valence-electron chi connectivity index (χ2n) is 6.73. The summed E-state index contributed by atoms with van der Waals surface area (Å²) in [6, 6.07) is 1.09. The summed E-state index contributed by atoms with van der Waals surface area (Å²) < 4.78 is 46.2. The monoisotopic (exact) mass is 302 g/mol. The maximum Gasteiger partial charge on any atom is 0.433 e. The van der Waals surface area contributed by atoms with Crippen LogP contribution in [0.1, 0.15) is 62.9 Å². The van der Waals surface area contributed by atoms with Crippen LogP contribution in [0.3, 0.4) is 0 Å². The van der Waals surface area contributed by atoms with Crippen molar-refractivity contribution < 1.29 is 17.9 Å². The zero-order chi connectivity index (χ0) is 15.3. The normalized spacial score (nSPS) is 22.8. The first kappa shape index (κ1) is 14.9. The first-order valence-electron chi connectivity index (χ1n) is 7.55. The molecule has 1 saturated heterocycles. The molecule has 2 aliphatic rings. The topological polar surface area (TPSA) is 27.1 Å². The van der Waals surface area contributed by atoms with E-state index in [-0.39, 0.29) is 17.4 Å². The maximum absolute atomic E-state index is 13.2. The van der Waals surface area contributed by atoms with Gasteiger partial charge in [0.1, 0.15) is 5.69 Å². The van der Waals surface area contributed by atoms with E-state index in [9.17, 15) is 13.2 Å². The standard InChI is InChI=1S/C15H21F3N2O/c1-10(2)12-7-13(15(16,17)18)20(19-12)11-8-14(9-11)3-5-21-6-4-14/h7,10-11H,3-6,8-9H2,1-2H3. The van der Waals surface area contributed by atoms with Crippen LogP contribution in [0.15, 0.2) is 6.07 Å². The minimum Gasteiger partial charge on any atom is -0.381 e. The average molecular weight is 302 g/mol. The fourth-order valence-electron chi connectivity index (χ4n) is 3.51. The van der Waals surface area contributed by atoms with E-state index in [4.69, 9.17) is 4.74 Å². The smallest absolute Gasteiger partial charge is 0.381 e. The van der Waals surface area contributed by atoms with Crippen LogP contribution in [0.2, 0.25) is 0 Å². The molecule has 1 aromatic heterocycles. The van der Waals surface area contributed by atoms with Gasteiger partial charge >= 0.3 is 6.18 Å². The Morgan fingerprint density at radius 1 is 1.29 bits per heavy atom. The largest absolute Gasteiger partial charge is 0.433 e. The summed E-state index contributed by atoms with van der Waals surface area (Å²) in [5.74, 6) is 0.00414. The Bertz CT molecular complexity index is 507. The fourth-order valence-corrected chi connectivity index (χ4v) is 3.51. The molecule has 0 amide bonds. The third-order valence-corrected chi connectivity index (χ3v) is 4.87. The molecule has 3 rings (SSSR count). The lowest BCUT2D eigenvalue weighted by Gasteiger charge is -2.50. The molecule has 0 radical (unpaired) electrons. The van der Waals surface area contributed by atoms with Crippen molar-refractivity contribution in [1.82, 2.24) is 9.78 Å². The second-order valence-corrected chi connectivity index (χ2v) is 6.73. The lowest BCUT2D eigenvalue weighted by Crippen LogP contribution is -2.43. The van der Waals surface area contributed by atoms with E-state index in [1.165, 1.54) is 10.7 Å². The molecule has 118 valence electrons. The van der Waals surface area contributed by atoms with Gasteiger partial charge in [0.05, 0.1) is 11.7 Å². The third kappa shape index (κ3) is 2.70. The highest BCUT2D eigenvalue weighted by Crippen LogP contribution is 2.55. The lowest BCUT2D eigenvalue weighted by atomic mass is 9.61. The molecule has 2 heterocycles. The van der Waals surface area contributed by atoms with Gasteiger partial charge in [-0.3, -0.25) is 4.68 Å². The molecule has 3 nitrogen and oxygen atoms in total. The number of ether oxygens (including phenoxy) is 1. The highest BCUT2D eigenvalue weighted by molar-refractivity contribution is 5.18. The van der Waals surface area contributed by atoms with Gasteiger partial charge in [0, 0.05) is 13.2 Å². The van der Waals surface area contributed by atoms with Crippen molar-refractivity contribution in [3.63, 3.8) is 0 Å². The quantitative estimate of drug-likeness (QED) is 0.820. The van der Waals surface area contributed by atoms with Gasteiger partial charge in [0.2, 0.25) is 0 Å². The van der Waals surface area contributed by atoms with Crippen LogP contribution in [0.25, 0.3) is 0 Å². The number of hydrogen-bond donors (Lipinski definition) is 0. The molecule has 1 saturated carbocycles. The average Bonchev–Trinajstić information content (AvgIpc) is 2.81. The minimum absolute atomic E-state index is 0.00414. The molecule has 1 aromatic rings. The van der Waals surface area contributed by atoms with Crippen molar-refractivity contribution >= 4 is 0 Å². The Balaban J connectivity index is 1.82. The van der Waals surface area contributed by atoms with Crippen LogP contribution >= 0.6 is 0 Å². The molecule has 0 aromatic carbocycles. The summed E-state index contributed by atoms with van der Waals surface area (Å²) in [4.78, 5) is 0. The van der Waals surface area contributed by atoms with Crippen molar-refractivity contribution in [1.29, 1.82) is 0 Å². The molecule has 0 atom stereocenters. The lowest BCUT2D eigenvalue weighted by molar-refractivity contribution is -0.148. The first-order chi connectivity index (χ1) is 9.81. The molecule has 0 N–H and O–H groups in total. The number of nitrogens with zero attached hydrogens (tertiary/aromatic N) is 2. The van der Waals surface area contributed by atoms with E-state index in [0.29, 0.717) is 5.69 Å². The van der Waals surface area contributed by atoms with Crippen molar-refractivity contribution in [3.05, 3.63) is 17.5 Å². The Morgan fingerprint density at radius 3 is 2.43 bits per heavy atom. The van der Waals surface area contributed by atoms with E-state index in [1.54, 1.807) is 0 Å². The van der Waals surface area contributed by atoms with Crippen LogP contribution in [0, 0.1) is 5.41 Å². The van der Waals surface area contributed by atoms with E-state index < -0.39 is 11.9 Å². The molecule has 6 heteroatoms. The predicted molar refractivity (Wildman–Crippen MR) is 72.1 cm³/mol. The SMILES string of the molecule is CC(C)c1cc(C(F)(F)F)n(C2CC3(CCOCC3)C2)n1. The summed E-state index contributed by atoms with van der Waals surface area (Å²) in [5, 5.41) is 4.24. The zero-order valence-corrected chi connectivity index (χ0v) is 12.4. The first-order valence-corrected chi connectivity index (χ1v) is 7.55. The molecule has 0 bridgehead atoms. The summed E-state index contributed by atoms with van der Waals surface area (Å²) in [7, 11) is 0. The van der Waals surface area contributed by atoms with Gasteiger partial charge in [-0.25, -0.2) is 0 Å². The van der Waals surface area contributed by atoms with Crippen molar-refractivity contribution in [2.24, 2.45) is 5.41 Å². The Labute approximate surface area is 122 Å². The van der Waals surface area contributed by atoms with Crippen LogP contribution < -0.4 is 0 Å². The summed E-state index contributed by atoms with van der Waals surface area (Å²) in [5.41, 5.74) is 0.115. The van der Waals surface area contributed by atoms with Crippen LogP contribution in [-0.4, -0.2) is 23.0 Å². The highest BCUT2D eigenvalue weighted by Gasteiger charge is 2.48. The summed E-state index contributed by atoms with van der Waals surface area (Å²) in [6.45, 7) is 5.20. The van der Waals surface area contributed by atoms with Crippen molar-refractivity contribution in [2.45, 2.75) is 57.7 Å². The van der Waals surface area contributed by atoms with E-state index in [2.05, 4.69) is 5.10 Å². The van der Waals surface area contributed by atoms with Gasteiger partial charge < -0.3 is 4.74 Å². The van der Waals surface area contributed by atoms with Gasteiger partial charge in [0.25, 0.3) is 0 Å². The Morgan fingerprint density at radius 2 is 1.90 bits per heavy atom. The summed E-state index contributed by atoms with van der Waals surface area (Å²) >= 11 is 0. The van der Waals surface area contributed by atoms with E-state index >= 15 is 0 Å². The minimum atomic E-state index is -4.33. The summed E-state index contributed by atoms with van der Waals surface area (Å²) in [6.07, 6.45) is -0.831. The van der Waals surface area contributed by atoms with E-state index in [1.807, 2.05) is 13.8 Å². The van der Waals surface area contributed by atoms with Crippen LogP contribution in [0.4, 0.5) is 13.2 Å². The molecule has 2 fully saturated rings. The molecule has 1 aliphatic carbocycles. The molecule has 21 heavy (non-hydrogen) atoms. The number of rotatable bonds is 2. The molecule has 1 aliphatic heterocycles. The van der Waals surface area contributed by atoms with Gasteiger partial charge in [0.15, 0.2) is 0 Å². The number of halogens is 3. The Kier molecular flexibility index (Phi) is 3.55. The highest BCUT2D eigenvalue weighted by atomic mass is 19.4. The van der Waals surface area contributed by atoms with Crippen molar-refractivity contribution in [2.75, 3.05) is 13.2 Å². The Hall–Kier alpha value is -1.04. The van der Waals surface area contributed by atoms with Gasteiger partial charge in [-0.2, -0.15) is 18.3 Å². The molecular formula is C15H21F3N2O. The van der Waals surface area contributed by atoms with Crippen LogP contribution in [0.5, 0.6) is 0 Å². The zero-order valence-electron chi connectivity index (χ0n) is 12.4. The molecule has 0 unspecified atom stereocenters. The van der Waals surface area contributed by atoms with Crippen LogP contribution in [-0.2, 0) is 10.9 Å². The van der Waals surface area contributed by atoms with Gasteiger partial charge in [-0.05, 0) is 43.1 Å². The number of hydrogen-bond acceptors (Lipinski definition) is 2. The molecule has 1 spiro atoms. The number of aromatic nitrogens is 2. The van der Waals surface area contributed by atoms with Crippen molar-refractivity contribution in [3.8, 4) is 0 Å². The second kappa shape index (κ2) is 5.00. The van der Waals surface area contributed by atoms with Gasteiger partial charge in [-0.15, -0.1) is 0 Å². The third-order valence-electron chi connectivity index (χ3n) is 4.87. The molecular weight excluding hydrogens is 281 g/mol. The number of alkyl halides is 3.